The summed E-state index contributed by atoms with van der Waals surface area (Å²) in [6, 6.07) is 6.10. The van der Waals surface area contributed by atoms with Crippen molar-refractivity contribution in [1.29, 1.82) is 0 Å². The summed E-state index contributed by atoms with van der Waals surface area (Å²) < 4.78 is 0. The van der Waals surface area contributed by atoms with E-state index < -0.39 is 0 Å². The lowest BCUT2D eigenvalue weighted by Gasteiger charge is -2.33. The molecular weight excluding hydrogens is 266 g/mol. The summed E-state index contributed by atoms with van der Waals surface area (Å²) in [6.07, 6.45) is 2.96. The third-order valence-corrected chi connectivity index (χ3v) is 4.48. The summed E-state index contributed by atoms with van der Waals surface area (Å²) >= 11 is 0. The Bertz CT molecular complexity index is 571. The van der Waals surface area contributed by atoms with Gasteiger partial charge in [0.25, 0.3) is 11.8 Å². The minimum absolute atomic E-state index is 0.248. The number of carbonyl (C=O) groups is 2. The number of piperazine rings is 1. The van der Waals surface area contributed by atoms with Crippen LogP contribution < -0.4 is 10.6 Å². The predicted molar refractivity (Wildman–Crippen MR) is 80.5 cm³/mol. The zero-order valence-corrected chi connectivity index (χ0v) is 12.3. The topological polar surface area (TPSA) is 61.4 Å². The second-order valence-electron chi connectivity index (χ2n) is 5.85. The predicted octanol–water partition coefficient (Wildman–Crippen LogP) is 0.796. The van der Waals surface area contributed by atoms with Gasteiger partial charge >= 0.3 is 0 Å². The van der Waals surface area contributed by atoms with Crippen LogP contribution in [0.1, 0.15) is 39.1 Å². The van der Waals surface area contributed by atoms with E-state index >= 15 is 0 Å². The summed E-state index contributed by atoms with van der Waals surface area (Å²) in [5.41, 5.74) is 2.09. The molecule has 112 valence electrons. The Hall–Kier alpha value is -1.72. The average Bonchev–Trinajstić information content (AvgIpc) is 2.77. The van der Waals surface area contributed by atoms with E-state index in [1.807, 2.05) is 12.1 Å². The molecule has 1 saturated heterocycles. The van der Waals surface area contributed by atoms with Crippen molar-refractivity contribution in [2.45, 2.75) is 25.3 Å². The fourth-order valence-electron chi connectivity index (χ4n) is 3.21. The van der Waals surface area contributed by atoms with Gasteiger partial charge in [0, 0.05) is 25.7 Å². The summed E-state index contributed by atoms with van der Waals surface area (Å²) in [5.74, 6) is -0.518. The monoisotopic (exact) mass is 287 g/mol. The number of likely N-dealkylation sites (N-methyl/N-ethyl adjacent to an activating group) is 1. The molecule has 1 atom stereocenters. The van der Waals surface area contributed by atoms with Crippen LogP contribution in [0.4, 0.5) is 0 Å². The zero-order valence-electron chi connectivity index (χ0n) is 12.3. The number of aryl methyl sites for hydroxylation is 1. The molecule has 0 spiro atoms. The number of carbonyl (C=O) groups excluding carboxylic acids is 2. The first-order valence-electron chi connectivity index (χ1n) is 7.55. The van der Waals surface area contributed by atoms with Crippen LogP contribution in [0, 0.1) is 0 Å². The van der Waals surface area contributed by atoms with E-state index in [1.54, 1.807) is 6.07 Å². The highest BCUT2D eigenvalue weighted by Crippen LogP contribution is 2.22. The van der Waals surface area contributed by atoms with Crippen LogP contribution in [-0.4, -0.2) is 49.4 Å². The number of nitrogens with one attached hydrogen (secondary N) is 2. The van der Waals surface area contributed by atoms with Crippen molar-refractivity contribution in [3.8, 4) is 0 Å². The molecule has 2 amide bonds. The first-order chi connectivity index (χ1) is 10.2. The number of imide groups is 1. The van der Waals surface area contributed by atoms with Crippen molar-refractivity contribution in [1.82, 2.24) is 15.5 Å². The highest BCUT2D eigenvalue weighted by Gasteiger charge is 2.28. The number of nitrogens with zero attached hydrogens (tertiary/aromatic N) is 1. The van der Waals surface area contributed by atoms with Gasteiger partial charge in [-0.2, -0.15) is 0 Å². The third-order valence-electron chi connectivity index (χ3n) is 4.48. The van der Waals surface area contributed by atoms with Crippen LogP contribution in [-0.2, 0) is 6.42 Å². The number of rotatable bonds is 4. The third kappa shape index (κ3) is 2.84. The van der Waals surface area contributed by atoms with E-state index in [-0.39, 0.29) is 11.8 Å². The first kappa shape index (κ1) is 14.2. The number of hydrogen-bond acceptors (Lipinski definition) is 4. The molecule has 1 fully saturated rings. The van der Waals surface area contributed by atoms with Gasteiger partial charge in [-0.15, -0.1) is 0 Å². The van der Waals surface area contributed by atoms with Gasteiger partial charge < -0.3 is 10.2 Å². The second kappa shape index (κ2) is 5.95. The molecule has 3 rings (SSSR count). The van der Waals surface area contributed by atoms with Crippen LogP contribution in [0.3, 0.4) is 0 Å². The Labute approximate surface area is 124 Å². The normalized spacial score (nSPS) is 22.2. The summed E-state index contributed by atoms with van der Waals surface area (Å²) in [4.78, 5) is 25.9. The quantitative estimate of drug-likeness (QED) is 0.804. The van der Waals surface area contributed by atoms with Crippen molar-refractivity contribution in [2.24, 2.45) is 0 Å². The fraction of sp³-hybridized carbons (Fsp3) is 0.500. The maximum atomic E-state index is 11.9. The number of fused-ring (bicyclic) bond motifs is 1. The van der Waals surface area contributed by atoms with Crippen molar-refractivity contribution >= 4 is 11.8 Å². The lowest BCUT2D eigenvalue weighted by Crippen LogP contribution is -2.49. The van der Waals surface area contributed by atoms with Crippen LogP contribution >= 0.6 is 0 Å². The van der Waals surface area contributed by atoms with Crippen LogP contribution in [0.15, 0.2) is 18.2 Å². The van der Waals surface area contributed by atoms with Crippen LogP contribution in [0.5, 0.6) is 0 Å². The van der Waals surface area contributed by atoms with Crippen LogP contribution in [0.2, 0.25) is 0 Å². The van der Waals surface area contributed by atoms with E-state index in [0.29, 0.717) is 17.2 Å². The highest BCUT2D eigenvalue weighted by molar-refractivity contribution is 6.22. The number of amides is 2. The van der Waals surface area contributed by atoms with E-state index in [4.69, 9.17) is 0 Å². The zero-order chi connectivity index (χ0) is 14.8. The van der Waals surface area contributed by atoms with Crippen molar-refractivity contribution in [3.05, 3.63) is 34.9 Å². The molecule has 0 aromatic heterocycles. The molecular formula is C16H21N3O2. The van der Waals surface area contributed by atoms with Gasteiger partial charge in [-0.3, -0.25) is 14.9 Å². The molecule has 5 nitrogen and oxygen atoms in total. The number of benzene rings is 1. The van der Waals surface area contributed by atoms with Gasteiger partial charge in [-0.05, 0) is 37.9 Å². The lowest BCUT2D eigenvalue weighted by atomic mass is 9.96. The Morgan fingerprint density at radius 3 is 2.95 bits per heavy atom. The Morgan fingerprint density at radius 2 is 2.14 bits per heavy atom. The van der Waals surface area contributed by atoms with Crippen molar-refractivity contribution in [2.75, 3.05) is 26.7 Å². The molecule has 1 aromatic rings. The highest BCUT2D eigenvalue weighted by atomic mass is 16.2. The second-order valence-corrected chi connectivity index (χ2v) is 5.85. The van der Waals surface area contributed by atoms with E-state index in [2.05, 4.69) is 22.6 Å². The fourth-order valence-corrected chi connectivity index (χ4v) is 3.21. The number of hydrogen-bond donors (Lipinski definition) is 2. The van der Waals surface area contributed by atoms with Gasteiger partial charge in [0.15, 0.2) is 0 Å². The molecule has 5 heteroatoms. The molecule has 1 aromatic carbocycles. The molecule has 2 heterocycles. The maximum absolute atomic E-state index is 11.9. The minimum atomic E-state index is -0.270. The lowest BCUT2D eigenvalue weighted by molar-refractivity contribution is 0.0879. The van der Waals surface area contributed by atoms with Gasteiger partial charge in [0.1, 0.15) is 0 Å². The maximum Gasteiger partial charge on any atom is 0.259 e. The summed E-state index contributed by atoms with van der Waals surface area (Å²) in [7, 11) is 2.16. The van der Waals surface area contributed by atoms with Gasteiger partial charge in [0.05, 0.1) is 11.1 Å². The molecule has 2 N–H and O–H groups in total. The Kier molecular flexibility index (Phi) is 4.03. The van der Waals surface area contributed by atoms with Gasteiger partial charge in [-0.25, -0.2) is 0 Å². The van der Waals surface area contributed by atoms with E-state index in [9.17, 15) is 9.59 Å². The SMILES string of the molecule is CN1CCNCC1CCCc1cccc2c1C(=O)NC2=O. The average molecular weight is 287 g/mol. The molecule has 2 aliphatic heterocycles. The van der Waals surface area contributed by atoms with Crippen LogP contribution in [0.25, 0.3) is 0 Å². The Morgan fingerprint density at radius 1 is 1.29 bits per heavy atom. The molecule has 1 unspecified atom stereocenters. The molecule has 0 saturated carbocycles. The standard InChI is InChI=1S/C16H21N3O2/c1-19-9-8-17-10-12(19)6-2-4-11-5-3-7-13-14(11)16(21)18-15(13)20/h3,5,7,12,17H,2,4,6,8-10H2,1H3,(H,18,20,21). The molecule has 0 aliphatic carbocycles. The van der Waals surface area contributed by atoms with Gasteiger partial charge in [0.2, 0.25) is 0 Å². The molecule has 0 bridgehead atoms. The van der Waals surface area contributed by atoms with Gasteiger partial charge in [-0.1, -0.05) is 12.1 Å². The minimum Gasteiger partial charge on any atom is -0.314 e. The molecule has 21 heavy (non-hydrogen) atoms. The Balaban J connectivity index is 1.64. The largest absolute Gasteiger partial charge is 0.314 e. The molecule has 2 aliphatic rings. The van der Waals surface area contributed by atoms with E-state index in [0.717, 1.165) is 44.5 Å². The smallest absolute Gasteiger partial charge is 0.259 e. The molecule has 0 radical (unpaired) electrons. The first-order valence-corrected chi connectivity index (χ1v) is 7.55. The van der Waals surface area contributed by atoms with Crippen molar-refractivity contribution in [3.63, 3.8) is 0 Å². The van der Waals surface area contributed by atoms with Crippen molar-refractivity contribution < 1.29 is 9.59 Å². The van der Waals surface area contributed by atoms with E-state index in [1.165, 1.54) is 0 Å². The summed E-state index contributed by atoms with van der Waals surface area (Å²) in [6.45, 7) is 3.17. The summed E-state index contributed by atoms with van der Waals surface area (Å²) in [5, 5.41) is 5.79.